The van der Waals surface area contributed by atoms with Crippen molar-refractivity contribution in [1.82, 2.24) is 9.97 Å². The van der Waals surface area contributed by atoms with Crippen LogP contribution in [0, 0.1) is 6.92 Å². The predicted octanol–water partition coefficient (Wildman–Crippen LogP) is 2.70. The number of nitrogens with zero attached hydrogens (tertiary/aromatic N) is 2. The van der Waals surface area contributed by atoms with E-state index in [4.69, 9.17) is 5.11 Å². The number of aromatic nitrogens is 2. The lowest BCUT2D eigenvalue weighted by Crippen LogP contribution is -1.90. The Kier molecular flexibility index (Phi) is 3.21. The van der Waals surface area contributed by atoms with E-state index in [1.807, 2.05) is 12.3 Å². The van der Waals surface area contributed by atoms with E-state index >= 15 is 0 Å². The van der Waals surface area contributed by atoms with E-state index in [0.29, 0.717) is 10.7 Å². The Hall–Kier alpha value is -1.40. The molecule has 0 unspecified atom stereocenters. The number of rotatable bonds is 3. The molecule has 4 nitrogen and oxygen atoms in total. The summed E-state index contributed by atoms with van der Waals surface area (Å²) in [4.78, 5) is 20.2. The predicted molar refractivity (Wildman–Crippen MR) is 62.2 cm³/mol. The summed E-state index contributed by atoms with van der Waals surface area (Å²) < 4.78 is 0. The van der Waals surface area contributed by atoms with Crippen LogP contribution in [0.25, 0.3) is 0 Å². The summed E-state index contributed by atoms with van der Waals surface area (Å²) in [5, 5.41) is 11.4. The highest BCUT2D eigenvalue weighted by Gasteiger charge is 2.08. The monoisotopic (exact) mass is 252 g/mol. The smallest absolute Gasteiger partial charge is 0.345 e. The van der Waals surface area contributed by atoms with Gasteiger partial charge < -0.3 is 5.11 Å². The van der Waals surface area contributed by atoms with Crippen molar-refractivity contribution >= 4 is 29.1 Å². The lowest BCUT2D eigenvalue weighted by Gasteiger charge is -1.97. The second-order valence-electron chi connectivity index (χ2n) is 3.00. The standard InChI is InChI=1S/C10H8N2O2S2/c1-6-11-3-2-9(12-6)16-7-4-8(10(13)14)15-5-7/h2-5H,1H3,(H,13,14). The molecule has 0 spiro atoms. The van der Waals surface area contributed by atoms with Crippen molar-refractivity contribution in [2.24, 2.45) is 0 Å². The Morgan fingerprint density at radius 1 is 1.56 bits per heavy atom. The number of carboxylic acid groups (broad SMARTS) is 1. The molecule has 6 heteroatoms. The highest BCUT2D eigenvalue weighted by molar-refractivity contribution is 7.99. The number of carbonyl (C=O) groups is 1. The van der Waals surface area contributed by atoms with Gasteiger partial charge in [0.1, 0.15) is 15.7 Å². The van der Waals surface area contributed by atoms with Crippen LogP contribution in [-0.2, 0) is 0 Å². The van der Waals surface area contributed by atoms with Crippen LogP contribution in [0.15, 0.2) is 33.6 Å². The largest absolute Gasteiger partial charge is 0.477 e. The summed E-state index contributed by atoms with van der Waals surface area (Å²) in [6.07, 6.45) is 1.69. The van der Waals surface area contributed by atoms with Gasteiger partial charge >= 0.3 is 5.97 Å². The first-order valence-corrected chi connectivity index (χ1v) is 6.14. The van der Waals surface area contributed by atoms with Gasteiger partial charge in [-0.3, -0.25) is 0 Å². The second-order valence-corrected chi connectivity index (χ2v) is 5.00. The van der Waals surface area contributed by atoms with Crippen LogP contribution in [0.2, 0.25) is 0 Å². The number of carboxylic acids is 1. The normalized spacial score (nSPS) is 10.3. The first-order valence-electron chi connectivity index (χ1n) is 4.44. The van der Waals surface area contributed by atoms with Crippen LogP contribution in [-0.4, -0.2) is 21.0 Å². The zero-order valence-electron chi connectivity index (χ0n) is 8.38. The summed E-state index contributed by atoms with van der Waals surface area (Å²) in [6.45, 7) is 1.82. The molecule has 2 aromatic rings. The van der Waals surface area contributed by atoms with E-state index in [-0.39, 0.29) is 0 Å². The third-order valence-electron chi connectivity index (χ3n) is 1.76. The highest BCUT2D eigenvalue weighted by Crippen LogP contribution is 2.29. The van der Waals surface area contributed by atoms with Crippen molar-refractivity contribution in [3.05, 3.63) is 34.4 Å². The molecule has 0 fully saturated rings. The maximum absolute atomic E-state index is 10.7. The third-order valence-corrected chi connectivity index (χ3v) is 3.73. The van der Waals surface area contributed by atoms with Crippen molar-refractivity contribution in [3.8, 4) is 0 Å². The molecule has 0 aliphatic rings. The molecule has 0 aromatic carbocycles. The van der Waals surface area contributed by atoms with Crippen LogP contribution < -0.4 is 0 Å². The van der Waals surface area contributed by atoms with Crippen LogP contribution in [0.1, 0.15) is 15.5 Å². The van der Waals surface area contributed by atoms with Gasteiger partial charge in [-0.1, -0.05) is 11.8 Å². The molecule has 0 aliphatic heterocycles. The number of aryl methyl sites for hydroxylation is 1. The van der Waals surface area contributed by atoms with Gasteiger partial charge in [0.15, 0.2) is 0 Å². The van der Waals surface area contributed by atoms with Gasteiger partial charge in [-0.2, -0.15) is 0 Å². The molecule has 82 valence electrons. The SMILES string of the molecule is Cc1nccc(Sc2csc(C(=O)O)c2)n1. The molecule has 0 saturated carbocycles. The van der Waals surface area contributed by atoms with Crippen molar-refractivity contribution in [1.29, 1.82) is 0 Å². The Labute approximate surface area is 100 Å². The molecule has 0 saturated heterocycles. The summed E-state index contributed by atoms with van der Waals surface area (Å²) in [5.74, 6) is -0.186. The molecule has 2 aromatic heterocycles. The average Bonchev–Trinajstić information content (AvgIpc) is 2.66. The quantitative estimate of drug-likeness (QED) is 0.851. The first kappa shape index (κ1) is 11.1. The summed E-state index contributed by atoms with van der Waals surface area (Å²) in [6, 6.07) is 3.45. The van der Waals surface area contributed by atoms with Gasteiger partial charge in [0, 0.05) is 16.5 Å². The zero-order chi connectivity index (χ0) is 11.5. The number of hydrogen-bond acceptors (Lipinski definition) is 5. The lowest BCUT2D eigenvalue weighted by molar-refractivity contribution is 0.0702. The Morgan fingerprint density at radius 2 is 2.38 bits per heavy atom. The van der Waals surface area contributed by atoms with E-state index in [9.17, 15) is 4.79 Å². The van der Waals surface area contributed by atoms with E-state index in [0.717, 1.165) is 9.92 Å². The van der Waals surface area contributed by atoms with E-state index < -0.39 is 5.97 Å². The summed E-state index contributed by atoms with van der Waals surface area (Å²) >= 11 is 2.65. The minimum atomic E-state index is -0.893. The lowest BCUT2D eigenvalue weighted by atomic mass is 10.5. The van der Waals surface area contributed by atoms with Gasteiger partial charge in [-0.25, -0.2) is 14.8 Å². The fourth-order valence-electron chi connectivity index (χ4n) is 1.10. The van der Waals surface area contributed by atoms with Crippen molar-refractivity contribution in [2.45, 2.75) is 16.8 Å². The minimum absolute atomic E-state index is 0.341. The number of hydrogen-bond donors (Lipinski definition) is 1. The zero-order valence-corrected chi connectivity index (χ0v) is 10.0. The molecular weight excluding hydrogens is 244 g/mol. The molecule has 0 amide bonds. The molecule has 2 rings (SSSR count). The third kappa shape index (κ3) is 2.59. The topological polar surface area (TPSA) is 63.1 Å². The second kappa shape index (κ2) is 4.63. The van der Waals surface area contributed by atoms with Gasteiger partial charge in [0.2, 0.25) is 0 Å². The van der Waals surface area contributed by atoms with Gasteiger partial charge in [-0.05, 0) is 19.1 Å². The first-order chi connectivity index (χ1) is 7.65. The fraction of sp³-hybridized carbons (Fsp3) is 0.100. The number of aromatic carboxylic acids is 1. The van der Waals surface area contributed by atoms with E-state index in [1.165, 1.54) is 23.1 Å². The van der Waals surface area contributed by atoms with Crippen LogP contribution in [0.4, 0.5) is 0 Å². The van der Waals surface area contributed by atoms with E-state index in [2.05, 4.69) is 9.97 Å². The Balaban J connectivity index is 2.17. The minimum Gasteiger partial charge on any atom is -0.477 e. The molecular formula is C10H8N2O2S2. The highest BCUT2D eigenvalue weighted by atomic mass is 32.2. The van der Waals surface area contributed by atoms with Crippen LogP contribution in [0.3, 0.4) is 0 Å². The van der Waals surface area contributed by atoms with E-state index in [1.54, 1.807) is 18.3 Å². The molecule has 0 aliphatic carbocycles. The number of thiophene rings is 1. The van der Waals surface area contributed by atoms with Crippen molar-refractivity contribution in [3.63, 3.8) is 0 Å². The average molecular weight is 252 g/mol. The van der Waals surface area contributed by atoms with Crippen LogP contribution >= 0.6 is 23.1 Å². The fourth-order valence-corrected chi connectivity index (χ4v) is 2.84. The summed E-state index contributed by atoms with van der Waals surface area (Å²) in [7, 11) is 0. The molecule has 0 bridgehead atoms. The van der Waals surface area contributed by atoms with Crippen LogP contribution in [0.5, 0.6) is 0 Å². The van der Waals surface area contributed by atoms with Gasteiger partial charge in [-0.15, -0.1) is 11.3 Å². The molecule has 2 heterocycles. The maximum Gasteiger partial charge on any atom is 0.345 e. The van der Waals surface area contributed by atoms with Gasteiger partial charge in [0.25, 0.3) is 0 Å². The molecule has 0 radical (unpaired) electrons. The van der Waals surface area contributed by atoms with Crippen molar-refractivity contribution < 1.29 is 9.90 Å². The maximum atomic E-state index is 10.7. The molecule has 16 heavy (non-hydrogen) atoms. The molecule has 0 atom stereocenters. The van der Waals surface area contributed by atoms with Gasteiger partial charge in [0.05, 0.1) is 0 Å². The van der Waals surface area contributed by atoms with Crippen molar-refractivity contribution in [2.75, 3.05) is 0 Å². The Bertz CT molecular complexity index is 525. The molecule has 1 N–H and O–H groups in total. The summed E-state index contributed by atoms with van der Waals surface area (Å²) in [5.41, 5.74) is 0. The Morgan fingerprint density at radius 3 is 3.00 bits per heavy atom.